The molecule has 2 amide bonds. The average Bonchev–Trinajstić information content (AvgIpc) is 2.71. The lowest BCUT2D eigenvalue weighted by molar-refractivity contribution is -0.144. The van der Waals surface area contributed by atoms with E-state index in [4.69, 9.17) is 4.74 Å². The first-order valence-corrected chi connectivity index (χ1v) is 9.56. The van der Waals surface area contributed by atoms with Crippen molar-refractivity contribution in [2.75, 3.05) is 24.5 Å². The Kier molecular flexibility index (Phi) is 6.49. The number of amides is 2. The lowest BCUT2D eigenvalue weighted by Gasteiger charge is -2.33. The monoisotopic (exact) mass is 396 g/mol. The molecule has 0 aliphatic carbocycles. The van der Waals surface area contributed by atoms with Crippen molar-refractivity contribution in [3.05, 3.63) is 60.2 Å². The zero-order chi connectivity index (χ0) is 20.8. The summed E-state index contributed by atoms with van der Waals surface area (Å²) in [5.41, 5.74) is 1.65. The fourth-order valence-corrected chi connectivity index (χ4v) is 3.32. The summed E-state index contributed by atoms with van der Waals surface area (Å²) in [5, 5.41) is 9.18. The van der Waals surface area contributed by atoms with Crippen molar-refractivity contribution in [1.82, 2.24) is 4.90 Å². The molecule has 1 N–H and O–H groups in total. The largest absolute Gasteiger partial charge is 0.480 e. The van der Waals surface area contributed by atoms with E-state index in [1.165, 1.54) is 9.80 Å². The molecule has 7 heteroatoms. The van der Waals surface area contributed by atoms with Crippen LogP contribution in [0.4, 0.5) is 5.69 Å². The standard InChI is InChI=1S/C22H24N2O5/c1-16-22(28)24(18-9-5-6-10-19(18)29-16)14-12-20(25)23(15-21(26)27)13-11-17-7-3-2-4-8-17/h2-10,16H,11-15H2,1H3,(H,26,27). The third-order valence-corrected chi connectivity index (χ3v) is 4.81. The Morgan fingerprint density at radius 1 is 1.10 bits per heavy atom. The summed E-state index contributed by atoms with van der Waals surface area (Å²) in [6, 6.07) is 16.8. The first-order valence-electron chi connectivity index (χ1n) is 9.56. The molecular formula is C22H24N2O5. The summed E-state index contributed by atoms with van der Waals surface area (Å²) in [6.07, 6.45) is -0.0290. The molecule has 0 fully saturated rings. The van der Waals surface area contributed by atoms with Crippen molar-refractivity contribution in [2.24, 2.45) is 0 Å². The number of hydrogen-bond acceptors (Lipinski definition) is 4. The summed E-state index contributed by atoms with van der Waals surface area (Å²) in [7, 11) is 0. The van der Waals surface area contributed by atoms with Crippen LogP contribution in [0.15, 0.2) is 54.6 Å². The molecule has 1 aliphatic heterocycles. The summed E-state index contributed by atoms with van der Waals surface area (Å²) in [6.45, 7) is 1.78. The first-order chi connectivity index (χ1) is 14.0. The number of hydrogen-bond donors (Lipinski definition) is 1. The summed E-state index contributed by atoms with van der Waals surface area (Å²) in [4.78, 5) is 39.4. The Labute approximate surface area is 169 Å². The fourth-order valence-electron chi connectivity index (χ4n) is 3.32. The summed E-state index contributed by atoms with van der Waals surface area (Å²) in [5.74, 6) is -0.982. The molecule has 1 aliphatic rings. The van der Waals surface area contributed by atoms with Crippen LogP contribution >= 0.6 is 0 Å². The van der Waals surface area contributed by atoms with Gasteiger partial charge in [0.15, 0.2) is 6.10 Å². The maximum absolute atomic E-state index is 12.7. The second-order valence-corrected chi connectivity index (χ2v) is 6.91. The SMILES string of the molecule is CC1Oc2ccccc2N(CCC(=O)N(CCc2ccccc2)CC(=O)O)C1=O. The zero-order valence-electron chi connectivity index (χ0n) is 16.3. The molecular weight excluding hydrogens is 372 g/mol. The van der Waals surface area contributed by atoms with Gasteiger partial charge in [-0.05, 0) is 31.0 Å². The second-order valence-electron chi connectivity index (χ2n) is 6.91. The van der Waals surface area contributed by atoms with Gasteiger partial charge in [0, 0.05) is 19.5 Å². The van der Waals surface area contributed by atoms with E-state index in [2.05, 4.69) is 0 Å². The van der Waals surface area contributed by atoms with Crippen molar-refractivity contribution < 1.29 is 24.2 Å². The molecule has 0 saturated heterocycles. The van der Waals surface area contributed by atoms with Crippen LogP contribution in [-0.2, 0) is 20.8 Å². The van der Waals surface area contributed by atoms with Gasteiger partial charge in [-0.3, -0.25) is 14.4 Å². The van der Waals surface area contributed by atoms with Crippen LogP contribution in [0.5, 0.6) is 5.75 Å². The van der Waals surface area contributed by atoms with Crippen LogP contribution in [0.2, 0.25) is 0 Å². The molecule has 0 spiro atoms. The van der Waals surface area contributed by atoms with E-state index in [1.54, 1.807) is 25.1 Å². The van der Waals surface area contributed by atoms with Crippen LogP contribution in [0.25, 0.3) is 0 Å². The van der Waals surface area contributed by atoms with Gasteiger partial charge < -0.3 is 19.6 Å². The van der Waals surface area contributed by atoms with E-state index in [0.717, 1.165) is 5.56 Å². The van der Waals surface area contributed by atoms with Crippen molar-refractivity contribution >= 4 is 23.5 Å². The Bertz CT molecular complexity index is 884. The summed E-state index contributed by atoms with van der Waals surface area (Å²) >= 11 is 0. The second kappa shape index (κ2) is 9.23. The maximum Gasteiger partial charge on any atom is 0.323 e. The first kappa shape index (κ1) is 20.4. The Morgan fingerprint density at radius 3 is 2.52 bits per heavy atom. The van der Waals surface area contributed by atoms with Crippen molar-refractivity contribution in [3.63, 3.8) is 0 Å². The third-order valence-electron chi connectivity index (χ3n) is 4.81. The Hall–Kier alpha value is -3.35. The molecule has 29 heavy (non-hydrogen) atoms. The van der Waals surface area contributed by atoms with Crippen LogP contribution in [0, 0.1) is 0 Å². The number of para-hydroxylation sites is 2. The molecule has 0 saturated carbocycles. The van der Waals surface area contributed by atoms with Crippen LogP contribution in [-0.4, -0.2) is 53.5 Å². The van der Waals surface area contributed by atoms with E-state index >= 15 is 0 Å². The molecule has 2 aromatic carbocycles. The minimum Gasteiger partial charge on any atom is -0.480 e. The topological polar surface area (TPSA) is 87.2 Å². The number of ether oxygens (including phenoxy) is 1. The van der Waals surface area contributed by atoms with Gasteiger partial charge in [0.1, 0.15) is 12.3 Å². The molecule has 152 valence electrons. The number of carboxylic acid groups (broad SMARTS) is 1. The molecule has 1 heterocycles. The van der Waals surface area contributed by atoms with Crippen molar-refractivity contribution in [1.29, 1.82) is 0 Å². The predicted octanol–water partition coefficient (Wildman–Crippen LogP) is 2.35. The highest BCUT2D eigenvalue weighted by Crippen LogP contribution is 2.33. The molecule has 1 atom stereocenters. The molecule has 7 nitrogen and oxygen atoms in total. The number of aliphatic carboxylic acids is 1. The lowest BCUT2D eigenvalue weighted by Crippen LogP contribution is -2.46. The van der Waals surface area contributed by atoms with Gasteiger partial charge in [-0.25, -0.2) is 0 Å². The number of fused-ring (bicyclic) bond motifs is 1. The van der Waals surface area contributed by atoms with E-state index in [-0.39, 0.29) is 31.3 Å². The highest BCUT2D eigenvalue weighted by Gasteiger charge is 2.31. The Morgan fingerprint density at radius 2 is 1.79 bits per heavy atom. The van der Waals surface area contributed by atoms with Crippen molar-refractivity contribution in [2.45, 2.75) is 25.9 Å². The van der Waals surface area contributed by atoms with Gasteiger partial charge >= 0.3 is 5.97 Å². The van der Waals surface area contributed by atoms with Gasteiger partial charge in [0.25, 0.3) is 5.91 Å². The fraction of sp³-hybridized carbons (Fsp3) is 0.318. The molecule has 0 bridgehead atoms. The van der Waals surface area contributed by atoms with E-state index in [1.807, 2.05) is 36.4 Å². The summed E-state index contributed by atoms with van der Waals surface area (Å²) < 4.78 is 5.60. The number of carboxylic acids is 1. The molecule has 2 aromatic rings. The van der Waals surface area contributed by atoms with Gasteiger partial charge in [0.05, 0.1) is 5.69 Å². The van der Waals surface area contributed by atoms with Gasteiger partial charge in [0.2, 0.25) is 5.91 Å². The van der Waals surface area contributed by atoms with Crippen molar-refractivity contribution in [3.8, 4) is 5.75 Å². The minimum absolute atomic E-state index is 0.0366. The number of nitrogens with zero attached hydrogens (tertiary/aromatic N) is 2. The van der Waals surface area contributed by atoms with Crippen LogP contribution in [0.1, 0.15) is 18.9 Å². The molecule has 1 unspecified atom stereocenters. The number of carbonyl (C=O) groups is 3. The van der Waals surface area contributed by atoms with Crippen LogP contribution in [0.3, 0.4) is 0 Å². The molecule has 0 radical (unpaired) electrons. The smallest absolute Gasteiger partial charge is 0.323 e. The molecule has 0 aromatic heterocycles. The van der Waals surface area contributed by atoms with Gasteiger partial charge in [-0.2, -0.15) is 0 Å². The zero-order valence-corrected chi connectivity index (χ0v) is 16.3. The maximum atomic E-state index is 12.7. The number of anilines is 1. The van der Waals surface area contributed by atoms with Gasteiger partial charge in [-0.15, -0.1) is 0 Å². The normalized spacial score (nSPS) is 15.4. The van der Waals surface area contributed by atoms with E-state index < -0.39 is 12.1 Å². The lowest BCUT2D eigenvalue weighted by atomic mass is 10.1. The average molecular weight is 396 g/mol. The quantitative estimate of drug-likeness (QED) is 0.740. The van der Waals surface area contributed by atoms with E-state index in [0.29, 0.717) is 24.4 Å². The van der Waals surface area contributed by atoms with E-state index in [9.17, 15) is 19.5 Å². The molecule has 3 rings (SSSR count). The minimum atomic E-state index is -1.06. The third kappa shape index (κ3) is 5.13. The highest BCUT2D eigenvalue weighted by molar-refractivity contribution is 6.00. The highest BCUT2D eigenvalue weighted by atomic mass is 16.5. The van der Waals surface area contributed by atoms with Gasteiger partial charge in [-0.1, -0.05) is 42.5 Å². The predicted molar refractivity (Wildman–Crippen MR) is 108 cm³/mol. The Balaban J connectivity index is 1.66. The van der Waals surface area contributed by atoms with Crippen LogP contribution < -0.4 is 9.64 Å². The number of rotatable bonds is 8. The number of carbonyl (C=O) groups excluding carboxylic acids is 2. The number of benzene rings is 2.